The van der Waals surface area contributed by atoms with Crippen molar-refractivity contribution in [3.8, 4) is 0 Å². The van der Waals surface area contributed by atoms with E-state index >= 15 is 0 Å². The molecule has 0 aliphatic heterocycles. The van der Waals surface area contributed by atoms with E-state index in [1.807, 2.05) is 0 Å². The second-order valence-electron chi connectivity index (χ2n) is 12.6. The third kappa shape index (κ3) is 29.5. The Bertz CT molecular complexity index is 813. The van der Waals surface area contributed by atoms with E-state index in [2.05, 4.69) is 31.3 Å². The van der Waals surface area contributed by atoms with Crippen LogP contribution in [0.5, 0.6) is 0 Å². The van der Waals surface area contributed by atoms with Crippen molar-refractivity contribution in [2.24, 2.45) is 0 Å². The summed E-state index contributed by atoms with van der Waals surface area (Å²) >= 11 is 0. The molecule has 7 nitrogen and oxygen atoms in total. The van der Waals surface area contributed by atoms with Crippen LogP contribution in [0.3, 0.4) is 0 Å². The minimum absolute atomic E-state index is 0.277. The Kier molecular flexibility index (Phi) is 29.6. The summed E-state index contributed by atoms with van der Waals surface area (Å²) in [6.07, 6.45) is 34.2. The first kappa shape index (κ1) is 42.8. The SMILES string of the molecule is CCC/C=C/CC/C=C/C(O)C(CS(=O)(=O)O)NC(=O)C(O)CCCCCCCCCCCCCCCCCCCCCC. The Hall–Kier alpha value is -1.22. The van der Waals surface area contributed by atoms with Crippen molar-refractivity contribution < 1.29 is 28.0 Å². The van der Waals surface area contributed by atoms with E-state index in [-0.39, 0.29) is 6.42 Å². The Balaban J connectivity index is 3.91. The van der Waals surface area contributed by atoms with Gasteiger partial charge < -0.3 is 15.5 Å². The summed E-state index contributed by atoms with van der Waals surface area (Å²) in [7, 11) is -4.43. The molecule has 0 spiro atoms. The van der Waals surface area contributed by atoms with E-state index in [4.69, 9.17) is 0 Å². The maximum absolute atomic E-state index is 12.5. The van der Waals surface area contributed by atoms with Crippen LogP contribution in [-0.4, -0.2) is 53.1 Å². The molecule has 0 aliphatic rings. The Morgan fingerprint density at radius 1 is 0.614 bits per heavy atom. The van der Waals surface area contributed by atoms with E-state index in [9.17, 15) is 28.0 Å². The molecule has 0 heterocycles. The third-order valence-electron chi connectivity index (χ3n) is 8.22. The highest BCUT2D eigenvalue weighted by molar-refractivity contribution is 7.85. The molecule has 260 valence electrons. The van der Waals surface area contributed by atoms with Gasteiger partial charge in [-0.3, -0.25) is 9.35 Å². The van der Waals surface area contributed by atoms with E-state index < -0.39 is 40.0 Å². The molecule has 0 bridgehead atoms. The molecular weight excluding hydrogens is 574 g/mol. The number of carbonyl (C=O) groups excluding carboxylic acids is 1. The molecule has 3 atom stereocenters. The first-order chi connectivity index (χ1) is 21.2. The summed E-state index contributed by atoms with van der Waals surface area (Å²) in [4.78, 5) is 12.5. The molecule has 44 heavy (non-hydrogen) atoms. The quantitative estimate of drug-likeness (QED) is 0.0329. The Labute approximate surface area is 271 Å². The number of allylic oxidation sites excluding steroid dienone is 3. The summed E-state index contributed by atoms with van der Waals surface area (Å²) in [6, 6.07) is -1.24. The van der Waals surface area contributed by atoms with Crippen LogP contribution in [0, 0.1) is 0 Å². The average Bonchev–Trinajstić information content (AvgIpc) is 2.98. The lowest BCUT2D eigenvalue weighted by Gasteiger charge is -2.22. The summed E-state index contributed by atoms with van der Waals surface area (Å²) in [5.41, 5.74) is 0. The Morgan fingerprint density at radius 2 is 1.02 bits per heavy atom. The minimum Gasteiger partial charge on any atom is -0.387 e. The van der Waals surface area contributed by atoms with Crippen LogP contribution < -0.4 is 5.32 Å². The summed E-state index contributed by atoms with van der Waals surface area (Å²) < 4.78 is 32.2. The van der Waals surface area contributed by atoms with Crippen molar-refractivity contribution in [3.05, 3.63) is 24.3 Å². The van der Waals surface area contributed by atoms with Crippen LogP contribution in [0.2, 0.25) is 0 Å². The van der Waals surface area contributed by atoms with E-state index in [1.165, 1.54) is 109 Å². The molecule has 0 aromatic rings. The van der Waals surface area contributed by atoms with Crippen LogP contribution in [0.15, 0.2) is 24.3 Å². The second kappa shape index (κ2) is 30.4. The van der Waals surface area contributed by atoms with Gasteiger partial charge in [-0.2, -0.15) is 8.42 Å². The smallest absolute Gasteiger partial charge is 0.267 e. The van der Waals surface area contributed by atoms with Crippen LogP contribution in [0.25, 0.3) is 0 Å². The van der Waals surface area contributed by atoms with Gasteiger partial charge in [0, 0.05) is 0 Å². The van der Waals surface area contributed by atoms with Crippen LogP contribution in [0.4, 0.5) is 0 Å². The number of hydrogen-bond acceptors (Lipinski definition) is 5. The first-order valence-electron chi connectivity index (χ1n) is 18.1. The molecule has 0 radical (unpaired) electrons. The highest BCUT2D eigenvalue weighted by Gasteiger charge is 2.27. The molecule has 0 aromatic carbocycles. The van der Waals surface area contributed by atoms with Gasteiger partial charge in [0.2, 0.25) is 5.91 Å². The zero-order valence-corrected chi connectivity index (χ0v) is 29.2. The highest BCUT2D eigenvalue weighted by Crippen LogP contribution is 2.15. The predicted octanol–water partition coefficient (Wildman–Crippen LogP) is 8.99. The molecule has 0 saturated heterocycles. The van der Waals surface area contributed by atoms with Gasteiger partial charge in [-0.05, 0) is 25.7 Å². The predicted molar refractivity (Wildman–Crippen MR) is 185 cm³/mol. The maximum Gasteiger partial charge on any atom is 0.267 e. The van der Waals surface area contributed by atoms with E-state index in [1.54, 1.807) is 6.08 Å². The van der Waals surface area contributed by atoms with Crippen LogP contribution in [0.1, 0.15) is 174 Å². The largest absolute Gasteiger partial charge is 0.387 e. The monoisotopic (exact) mass is 643 g/mol. The molecular formula is C36H69NO6S. The third-order valence-corrected chi connectivity index (χ3v) is 9.00. The molecule has 4 N–H and O–H groups in total. The average molecular weight is 644 g/mol. The molecule has 8 heteroatoms. The first-order valence-corrected chi connectivity index (χ1v) is 19.8. The standard InChI is InChI=1S/C36H69NO6S/c1-3-5-7-9-11-12-13-14-15-16-17-18-19-20-21-22-23-25-27-29-31-35(39)36(40)37-33(32-44(41,42)43)34(38)30-28-26-24-10-8-6-4-2/h8,10,28,30,33-35,38-39H,3-7,9,11-27,29,31-32H2,1-2H3,(H,37,40)(H,41,42,43)/b10-8+,30-28+. The maximum atomic E-state index is 12.5. The number of amides is 1. The number of unbranched alkanes of at least 4 members (excludes halogenated alkanes) is 21. The fourth-order valence-corrected chi connectivity index (χ4v) is 6.15. The highest BCUT2D eigenvalue weighted by atomic mass is 32.2. The lowest BCUT2D eigenvalue weighted by molar-refractivity contribution is -0.130. The zero-order valence-electron chi connectivity index (χ0n) is 28.4. The number of nitrogens with one attached hydrogen (secondary N) is 1. The summed E-state index contributed by atoms with van der Waals surface area (Å²) in [5.74, 6) is -1.56. The Morgan fingerprint density at radius 3 is 1.45 bits per heavy atom. The lowest BCUT2D eigenvalue weighted by Crippen LogP contribution is -2.50. The molecule has 3 unspecified atom stereocenters. The van der Waals surface area contributed by atoms with Crippen LogP contribution >= 0.6 is 0 Å². The molecule has 1 amide bonds. The molecule has 0 rings (SSSR count). The number of aliphatic hydroxyl groups is 2. The van der Waals surface area contributed by atoms with Gasteiger partial charge in [-0.25, -0.2) is 0 Å². The van der Waals surface area contributed by atoms with Crippen molar-refractivity contribution >= 4 is 16.0 Å². The van der Waals surface area contributed by atoms with Gasteiger partial charge in [-0.1, -0.05) is 173 Å². The van der Waals surface area contributed by atoms with Gasteiger partial charge in [0.15, 0.2) is 0 Å². The molecule has 0 fully saturated rings. The lowest BCUT2D eigenvalue weighted by atomic mass is 10.0. The number of aliphatic hydroxyl groups excluding tert-OH is 2. The fraction of sp³-hybridized carbons (Fsp3) is 0.861. The van der Waals surface area contributed by atoms with Crippen molar-refractivity contribution in [2.45, 2.75) is 193 Å². The molecule has 0 aliphatic carbocycles. The number of hydrogen-bond donors (Lipinski definition) is 4. The minimum atomic E-state index is -4.43. The van der Waals surface area contributed by atoms with Crippen molar-refractivity contribution in [1.82, 2.24) is 5.32 Å². The van der Waals surface area contributed by atoms with Gasteiger partial charge in [0.05, 0.1) is 17.9 Å². The second-order valence-corrected chi connectivity index (χ2v) is 14.1. The zero-order chi connectivity index (χ0) is 32.7. The summed E-state index contributed by atoms with van der Waals surface area (Å²) in [6.45, 7) is 4.37. The van der Waals surface area contributed by atoms with Gasteiger partial charge >= 0.3 is 0 Å². The van der Waals surface area contributed by atoms with Gasteiger partial charge in [-0.15, -0.1) is 0 Å². The van der Waals surface area contributed by atoms with Gasteiger partial charge in [0.1, 0.15) is 6.10 Å². The fourth-order valence-electron chi connectivity index (χ4n) is 5.42. The van der Waals surface area contributed by atoms with Crippen molar-refractivity contribution in [1.29, 1.82) is 0 Å². The summed E-state index contributed by atoms with van der Waals surface area (Å²) in [5, 5.41) is 23.1. The van der Waals surface area contributed by atoms with Crippen molar-refractivity contribution in [3.63, 3.8) is 0 Å². The molecule has 0 saturated carbocycles. The van der Waals surface area contributed by atoms with Crippen LogP contribution in [-0.2, 0) is 14.9 Å². The number of rotatable bonds is 32. The van der Waals surface area contributed by atoms with E-state index in [0.717, 1.165) is 38.5 Å². The van der Waals surface area contributed by atoms with Gasteiger partial charge in [0.25, 0.3) is 10.1 Å². The normalized spacial score (nSPS) is 14.4. The molecule has 0 aromatic heterocycles. The number of carbonyl (C=O) groups is 1. The topological polar surface area (TPSA) is 124 Å². The van der Waals surface area contributed by atoms with E-state index in [0.29, 0.717) is 12.8 Å². The van der Waals surface area contributed by atoms with Crippen molar-refractivity contribution in [2.75, 3.05) is 5.75 Å².